The van der Waals surface area contributed by atoms with Gasteiger partial charge in [0.15, 0.2) is 0 Å². The first kappa shape index (κ1) is 21.5. The van der Waals surface area contributed by atoms with Crippen molar-refractivity contribution in [3.05, 3.63) is 52.0 Å². The van der Waals surface area contributed by atoms with Gasteiger partial charge in [-0.05, 0) is 50.2 Å². The number of nitrogens with zero attached hydrogens (tertiary/aromatic N) is 1. The van der Waals surface area contributed by atoms with Gasteiger partial charge in [-0.2, -0.15) is 0 Å². The lowest BCUT2D eigenvalue weighted by molar-refractivity contribution is 0.102. The molecule has 2 N–H and O–H groups in total. The van der Waals surface area contributed by atoms with Crippen molar-refractivity contribution in [2.75, 3.05) is 24.3 Å². The van der Waals surface area contributed by atoms with Crippen LogP contribution in [0, 0.1) is 0 Å². The summed E-state index contributed by atoms with van der Waals surface area (Å²) in [6.45, 7) is 3.37. The summed E-state index contributed by atoms with van der Waals surface area (Å²) < 4.78 is 27.3. The van der Waals surface area contributed by atoms with Gasteiger partial charge in [0.25, 0.3) is 5.91 Å². The summed E-state index contributed by atoms with van der Waals surface area (Å²) in [7, 11) is -0.0552. The minimum Gasteiger partial charge on any atom is -0.378 e. The molecule has 0 radical (unpaired) electrons. The maximum Gasteiger partial charge on any atom is 0.257 e. The van der Waals surface area contributed by atoms with Crippen LogP contribution < -0.4 is 14.9 Å². The molecule has 1 amide bonds. The molecule has 27 heavy (non-hydrogen) atoms. The Labute approximate surface area is 169 Å². The third kappa shape index (κ3) is 5.35. The van der Waals surface area contributed by atoms with E-state index in [1.165, 1.54) is 12.1 Å². The van der Waals surface area contributed by atoms with Gasteiger partial charge in [0.2, 0.25) is 10.0 Å². The monoisotopic (exact) mass is 429 g/mol. The minimum atomic E-state index is -3.88. The molecule has 0 aliphatic rings. The van der Waals surface area contributed by atoms with E-state index in [9.17, 15) is 13.2 Å². The number of amides is 1. The number of carbonyl (C=O) groups excluding carboxylic acids is 1. The van der Waals surface area contributed by atoms with Gasteiger partial charge in [-0.1, -0.05) is 23.2 Å². The number of halogens is 2. The molecule has 2 rings (SSSR count). The Hall–Kier alpha value is -1.80. The molecule has 0 unspecified atom stereocenters. The first-order valence-electron chi connectivity index (χ1n) is 8.11. The van der Waals surface area contributed by atoms with Crippen LogP contribution in [-0.4, -0.2) is 34.5 Å². The Bertz CT molecular complexity index is 943. The van der Waals surface area contributed by atoms with Crippen LogP contribution in [0.15, 0.2) is 41.3 Å². The van der Waals surface area contributed by atoms with Gasteiger partial charge in [0, 0.05) is 31.5 Å². The fourth-order valence-electron chi connectivity index (χ4n) is 2.32. The third-order valence-corrected chi connectivity index (χ3v) is 6.02. The van der Waals surface area contributed by atoms with Crippen LogP contribution in [0.5, 0.6) is 0 Å². The van der Waals surface area contributed by atoms with E-state index in [1.807, 2.05) is 31.1 Å². The summed E-state index contributed by atoms with van der Waals surface area (Å²) in [6, 6.07) is 9.29. The number of carbonyl (C=O) groups is 1. The van der Waals surface area contributed by atoms with E-state index in [0.717, 1.165) is 5.69 Å². The molecule has 0 spiro atoms. The normalized spacial score (nSPS) is 11.5. The van der Waals surface area contributed by atoms with Gasteiger partial charge in [-0.3, -0.25) is 4.79 Å². The minimum absolute atomic E-state index is 0.0156. The molecule has 0 heterocycles. The first-order chi connectivity index (χ1) is 12.5. The summed E-state index contributed by atoms with van der Waals surface area (Å²) in [5.74, 6) is -0.532. The molecule has 0 saturated heterocycles. The molecule has 2 aromatic carbocycles. The van der Waals surface area contributed by atoms with Gasteiger partial charge < -0.3 is 10.2 Å². The topological polar surface area (TPSA) is 78.5 Å². The van der Waals surface area contributed by atoms with Crippen molar-refractivity contribution >= 4 is 50.5 Å². The molecule has 9 heteroatoms. The third-order valence-electron chi connectivity index (χ3n) is 3.59. The van der Waals surface area contributed by atoms with Crippen molar-refractivity contribution in [1.82, 2.24) is 4.72 Å². The zero-order valence-electron chi connectivity index (χ0n) is 15.4. The smallest absolute Gasteiger partial charge is 0.257 e. The van der Waals surface area contributed by atoms with Crippen LogP contribution in [0.4, 0.5) is 11.4 Å². The number of hydrogen-bond acceptors (Lipinski definition) is 4. The van der Waals surface area contributed by atoms with E-state index in [1.54, 1.807) is 26.0 Å². The summed E-state index contributed by atoms with van der Waals surface area (Å²) in [4.78, 5) is 14.3. The van der Waals surface area contributed by atoms with Gasteiger partial charge in [0.1, 0.15) is 4.90 Å². The number of nitrogens with one attached hydrogen (secondary N) is 2. The highest BCUT2D eigenvalue weighted by Crippen LogP contribution is 2.29. The molecule has 0 saturated carbocycles. The van der Waals surface area contributed by atoms with Crippen LogP contribution in [0.2, 0.25) is 10.0 Å². The Balaban J connectivity index is 2.34. The molecule has 146 valence electrons. The molecule has 0 atom stereocenters. The highest BCUT2D eigenvalue weighted by atomic mass is 35.5. The Morgan fingerprint density at radius 1 is 1.04 bits per heavy atom. The summed E-state index contributed by atoms with van der Waals surface area (Å²) >= 11 is 12.2. The number of hydrogen-bond donors (Lipinski definition) is 2. The van der Waals surface area contributed by atoms with Gasteiger partial charge in [-0.25, -0.2) is 13.1 Å². The van der Waals surface area contributed by atoms with Gasteiger partial charge >= 0.3 is 0 Å². The number of anilines is 2. The van der Waals surface area contributed by atoms with E-state index in [2.05, 4.69) is 10.0 Å². The quantitative estimate of drug-likeness (QED) is 0.726. The summed E-state index contributed by atoms with van der Waals surface area (Å²) in [5.41, 5.74) is 1.55. The predicted octanol–water partition coefficient (Wildman–Crippen LogP) is 4.00. The zero-order chi connectivity index (χ0) is 20.4. The molecule has 6 nitrogen and oxygen atoms in total. The molecule has 0 aromatic heterocycles. The van der Waals surface area contributed by atoms with Crippen molar-refractivity contribution in [2.45, 2.75) is 24.8 Å². The van der Waals surface area contributed by atoms with Crippen molar-refractivity contribution in [2.24, 2.45) is 0 Å². The first-order valence-corrected chi connectivity index (χ1v) is 10.4. The van der Waals surface area contributed by atoms with Crippen molar-refractivity contribution in [1.29, 1.82) is 0 Å². The average molecular weight is 430 g/mol. The lowest BCUT2D eigenvalue weighted by Gasteiger charge is -2.14. The number of benzene rings is 2. The van der Waals surface area contributed by atoms with E-state index >= 15 is 0 Å². The van der Waals surface area contributed by atoms with E-state index in [0.29, 0.717) is 5.69 Å². The number of rotatable bonds is 6. The lowest BCUT2D eigenvalue weighted by Crippen LogP contribution is -2.30. The molecular formula is C18H21Cl2N3O3S. The highest BCUT2D eigenvalue weighted by Gasteiger charge is 2.23. The van der Waals surface area contributed by atoms with Crippen LogP contribution in [-0.2, 0) is 10.0 Å². The van der Waals surface area contributed by atoms with Crippen LogP contribution in [0.1, 0.15) is 24.2 Å². The van der Waals surface area contributed by atoms with E-state index in [4.69, 9.17) is 23.2 Å². The maximum absolute atomic E-state index is 12.6. The maximum atomic E-state index is 12.6. The van der Waals surface area contributed by atoms with Crippen molar-refractivity contribution in [3.63, 3.8) is 0 Å². The highest BCUT2D eigenvalue weighted by molar-refractivity contribution is 7.89. The molecule has 0 aliphatic carbocycles. The van der Waals surface area contributed by atoms with Crippen LogP contribution >= 0.6 is 23.2 Å². The summed E-state index contributed by atoms with van der Waals surface area (Å²) in [6.07, 6.45) is 0. The lowest BCUT2D eigenvalue weighted by atomic mass is 10.2. The van der Waals surface area contributed by atoms with Crippen molar-refractivity contribution < 1.29 is 13.2 Å². The van der Waals surface area contributed by atoms with Crippen molar-refractivity contribution in [3.8, 4) is 0 Å². The largest absolute Gasteiger partial charge is 0.378 e. The summed E-state index contributed by atoms with van der Waals surface area (Å²) in [5, 5.41) is 2.71. The molecule has 2 aromatic rings. The van der Waals surface area contributed by atoms with Gasteiger partial charge in [0.05, 0.1) is 15.6 Å². The molecule has 0 bridgehead atoms. The fourth-order valence-corrected chi connectivity index (χ4v) is 4.43. The Kier molecular flexibility index (Phi) is 6.75. The van der Waals surface area contributed by atoms with Crippen LogP contribution in [0.3, 0.4) is 0 Å². The second-order valence-electron chi connectivity index (χ2n) is 6.43. The Morgan fingerprint density at radius 3 is 2.15 bits per heavy atom. The SMILES string of the molecule is CC(C)NS(=O)(=O)c1cc(C(=O)Nc2ccc(N(C)C)cc2)c(Cl)cc1Cl. The standard InChI is InChI=1S/C18H21Cl2N3O3S/c1-11(2)22-27(25,26)17-9-14(15(19)10-16(17)20)18(24)21-12-5-7-13(8-6-12)23(3)4/h5-11,22H,1-4H3,(H,21,24). The Morgan fingerprint density at radius 2 is 1.63 bits per heavy atom. The second kappa shape index (κ2) is 8.48. The molecule has 0 fully saturated rings. The number of sulfonamides is 1. The van der Waals surface area contributed by atoms with E-state index < -0.39 is 15.9 Å². The fraction of sp³-hybridized carbons (Fsp3) is 0.278. The van der Waals surface area contributed by atoms with E-state index in [-0.39, 0.29) is 26.5 Å². The zero-order valence-corrected chi connectivity index (χ0v) is 17.7. The van der Waals surface area contributed by atoms with Crippen LogP contribution in [0.25, 0.3) is 0 Å². The molecular weight excluding hydrogens is 409 g/mol. The van der Waals surface area contributed by atoms with Gasteiger partial charge in [-0.15, -0.1) is 0 Å². The predicted molar refractivity (Wildman–Crippen MR) is 111 cm³/mol. The second-order valence-corrected chi connectivity index (χ2v) is 8.93. The average Bonchev–Trinajstić information content (AvgIpc) is 2.53. The molecule has 0 aliphatic heterocycles.